The molecule has 0 aliphatic carbocycles. The van der Waals surface area contributed by atoms with Crippen molar-refractivity contribution in [2.24, 2.45) is 5.73 Å². The van der Waals surface area contributed by atoms with Gasteiger partial charge in [0.05, 0.1) is 18.8 Å². The summed E-state index contributed by atoms with van der Waals surface area (Å²) >= 11 is 0. The van der Waals surface area contributed by atoms with Gasteiger partial charge in [-0.25, -0.2) is 4.79 Å². The maximum atomic E-state index is 11.6. The van der Waals surface area contributed by atoms with Crippen LogP contribution in [0.2, 0.25) is 0 Å². The first-order valence-electron chi connectivity index (χ1n) is 5.50. The fourth-order valence-corrected chi connectivity index (χ4v) is 1.73. The molecule has 0 aromatic heterocycles. The second-order valence-corrected chi connectivity index (χ2v) is 3.93. The predicted molar refractivity (Wildman–Crippen MR) is 58.8 cm³/mol. The van der Waals surface area contributed by atoms with Gasteiger partial charge in [-0.15, -0.1) is 0 Å². The Morgan fingerprint density at radius 2 is 2.31 bits per heavy atom. The van der Waals surface area contributed by atoms with E-state index in [9.17, 15) is 9.59 Å². The molecule has 3 N–H and O–H groups in total. The molecule has 0 aromatic rings. The molecule has 0 aromatic carbocycles. The number of carbonyl (C=O) groups excluding carboxylic acids is 2. The van der Waals surface area contributed by atoms with Crippen molar-refractivity contribution in [1.82, 2.24) is 10.2 Å². The molecule has 2 atom stereocenters. The molecule has 0 bridgehead atoms. The first-order chi connectivity index (χ1) is 7.54. The molecular formula is C10H19N3O3. The number of rotatable bonds is 3. The molecule has 0 spiro atoms. The first kappa shape index (κ1) is 12.9. The molecule has 6 heteroatoms. The maximum Gasteiger partial charge on any atom is 0.318 e. The second-order valence-electron chi connectivity index (χ2n) is 3.93. The van der Waals surface area contributed by atoms with Gasteiger partial charge in [0.15, 0.2) is 0 Å². The number of primary amides is 1. The quantitative estimate of drug-likeness (QED) is 0.694. The van der Waals surface area contributed by atoms with Crippen LogP contribution in [0, 0.1) is 0 Å². The van der Waals surface area contributed by atoms with Crippen LogP contribution in [0.1, 0.15) is 20.3 Å². The van der Waals surface area contributed by atoms with Crippen molar-refractivity contribution in [2.45, 2.75) is 32.4 Å². The molecule has 0 radical (unpaired) electrons. The highest BCUT2D eigenvalue weighted by atomic mass is 16.5. The molecule has 1 aliphatic heterocycles. The largest absolute Gasteiger partial charge is 0.376 e. The number of amides is 3. The SMILES string of the molecule is CC[C@@H]1CN([C@@H](C)C(=O)NC(N)=O)CCO1. The molecule has 0 saturated carbocycles. The van der Waals surface area contributed by atoms with Crippen molar-refractivity contribution in [1.29, 1.82) is 0 Å². The predicted octanol–water partition coefficient (Wildman–Crippen LogP) is -0.319. The zero-order valence-electron chi connectivity index (χ0n) is 9.73. The van der Waals surface area contributed by atoms with Crippen molar-refractivity contribution < 1.29 is 14.3 Å². The summed E-state index contributed by atoms with van der Waals surface area (Å²) in [5, 5.41) is 2.09. The summed E-state index contributed by atoms with van der Waals surface area (Å²) in [5.41, 5.74) is 4.90. The first-order valence-corrected chi connectivity index (χ1v) is 5.50. The van der Waals surface area contributed by atoms with E-state index in [4.69, 9.17) is 10.5 Å². The van der Waals surface area contributed by atoms with Crippen LogP contribution in [0.3, 0.4) is 0 Å². The van der Waals surface area contributed by atoms with E-state index in [2.05, 4.69) is 5.32 Å². The third kappa shape index (κ3) is 3.46. The molecule has 1 aliphatic rings. The van der Waals surface area contributed by atoms with E-state index >= 15 is 0 Å². The standard InChI is InChI=1S/C10H19N3O3/c1-3-8-6-13(4-5-16-8)7(2)9(14)12-10(11)15/h7-8H,3-6H2,1-2H3,(H3,11,12,14,15)/t7-,8+/m0/s1. The van der Waals surface area contributed by atoms with E-state index in [-0.39, 0.29) is 18.1 Å². The summed E-state index contributed by atoms with van der Waals surface area (Å²) < 4.78 is 5.50. The minimum Gasteiger partial charge on any atom is -0.376 e. The fraction of sp³-hybridized carbons (Fsp3) is 0.800. The molecule has 0 unspecified atom stereocenters. The highest BCUT2D eigenvalue weighted by molar-refractivity contribution is 5.96. The van der Waals surface area contributed by atoms with Crippen LogP contribution in [0.5, 0.6) is 0 Å². The molecule has 16 heavy (non-hydrogen) atoms. The Kier molecular flexibility index (Phi) is 4.70. The number of urea groups is 1. The molecule has 3 amide bonds. The number of carbonyl (C=O) groups is 2. The average Bonchev–Trinajstić information content (AvgIpc) is 2.27. The highest BCUT2D eigenvalue weighted by Crippen LogP contribution is 2.11. The molecule has 1 heterocycles. The van der Waals surface area contributed by atoms with E-state index in [1.165, 1.54) is 0 Å². The molecular weight excluding hydrogens is 210 g/mol. The molecule has 6 nitrogen and oxygen atoms in total. The number of imide groups is 1. The average molecular weight is 229 g/mol. The van der Waals surface area contributed by atoms with Crippen molar-refractivity contribution in [3.8, 4) is 0 Å². The van der Waals surface area contributed by atoms with Gasteiger partial charge < -0.3 is 10.5 Å². The number of morpholine rings is 1. The number of nitrogens with zero attached hydrogens (tertiary/aromatic N) is 1. The molecule has 1 fully saturated rings. The lowest BCUT2D eigenvalue weighted by Crippen LogP contribution is -2.53. The zero-order valence-corrected chi connectivity index (χ0v) is 9.73. The van der Waals surface area contributed by atoms with Crippen LogP contribution in [0.25, 0.3) is 0 Å². The Bertz CT molecular complexity index is 270. The van der Waals surface area contributed by atoms with Gasteiger partial charge in [-0.3, -0.25) is 15.0 Å². The Labute approximate surface area is 95.1 Å². The van der Waals surface area contributed by atoms with Gasteiger partial charge in [0.2, 0.25) is 5.91 Å². The van der Waals surface area contributed by atoms with Gasteiger partial charge in [-0.2, -0.15) is 0 Å². The van der Waals surface area contributed by atoms with Gasteiger partial charge >= 0.3 is 6.03 Å². The Morgan fingerprint density at radius 1 is 1.62 bits per heavy atom. The van der Waals surface area contributed by atoms with E-state index in [0.29, 0.717) is 19.7 Å². The van der Waals surface area contributed by atoms with Crippen molar-refractivity contribution in [3.63, 3.8) is 0 Å². The lowest BCUT2D eigenvalue weighted by molar-refractivity contribution is -0.128. The van der Waals surface area contributed by atoms with Gasteiger partial charge in [-0.05, 0) is 13.3 Å². The van der Waals surface area contributed by atoms with Crippen LogP contribution >= 0.6 is 0 Å². The van der Waals surface area contributed by atoms with Gasteiger partial charge in [-0.1, -0.05) is 6.92 Å². The minimum absolute atomic E-state index is 0.164. The fourth-order valence-electron chi connectivity index (χ4n) is 1.73. The number of nitrogens with one attached hydrogen (secondary N) is 1. The Morgan fingerprint density at radius 3 is 2.88 bits per heavy atom. The summed E-state index contributed by atoms with van der Waals surface area (Å²) in [5.74, 6) is -0.357. The van der Waals surface area contributed by atoms with Crippen LogP contribution in [0.15, 0.2) is 0 Å². The van der Waals surface area contributed by atoms with Crippen LogP contribution < -0.4 is 11.1 Å². The topological polar surface area (TPSA) is 84.7 Å². The molecule has 92 valence electrons. The van der Waals surface area contributed by atoms with E-state index < -0.39 is 6.03 Å². The van der Waals surface area contributed by atoms with Crippen molar-refractivity contribution in [2.75, 3.05) is 19.7 Å². The lowest BCUT2D eigenvalue weighted by atomic mass is 10.1. The number of ether oxygens (including phenoxy) is 1. The number of hydrogen-bond donors (Lipinski definition) is 2. The molecule has 1 saturated heterocycles. The minimum atomic E-state index is -0.808. The number of hydrogen-bond acceptors (Lipinski definition) is 4. The summed E-state index contributed by atoms with van der Waals surface area (Å²) in [6, 6.07) is -1.16. The lowest BCUT2D eigenvalue weighted by Gasteiger charge is -2.35. The third-order valence-corrected chi connectivity index (χ3v) is 2.80. The van der Waals surface area contributed by atoms with Crippen LogP contribution in [0.4, 0.5) is 4.79 Å². The summed E-state index contributed by atoms with van der Waals surface area (Å²) in [6.07, 6.45) is 1.08. The monoisotopic (exact) mass is 229 g/mol. The molecule has 1 rings (SSSR count). The van der Waals surface area contributed by atoms with E-state index in [1.807, 2.05) is 11.8 Å². The smallest absolute Gasteiger partial charge is 0.318 e. The van der Waals surface area contributed by atoms with Crippen molar-refractivity contribution >= 4 is 11.9 Å². The normalized spacial score (nSPS) is 23.8. The Balaban J connectivity index is 2.49. The van der Waals surface area contributed by atoms with Crippen LogP contribution in [-0.2, 0) is 9.53 Å². The van der Waals surface area contributed by atoms with Crippen molar-refractivity contribution in [3.05, 3.63) is 0 Å². The van der Waals surface area contributed by atoms with Crippen LogP contribution in [-0.4, -0.2) is 48.7 Å². The van der Waals surface area contributed by atoms with E-state index in [1.54, 1.807) is 6.92 Å². The van der Waals surface area contributed by atoms with Gasteiger partial charge in [0, 0.05) is 13.1 Å². The number of nitrogens with two attached hydrogens (primary N) is 1. The highest BCUT2D eigenvalue weighted by Gasteiger charge is 2.27. The summed E-state index contributed by atoms with van der Waals surface area (Å²) in [7, 11) is 0. The summed E-state index contributed by atoms with van der Waals surface area (Å²) in [6.45, 7) is 5.83. The Hall–Kier alpha value is -1.14. The third-order valence-electron chi connectivity index (χ3n) is 2.80. The summed E-state index contributed by atoms with van der Waals surface area (Å²) in [4.78, 5) is 24.1. The van der Waals surface area contributed by atoms with E-state index in [0.717, 1.165) is 6.42 Å². The van der Waals surface area contributed by atoms with Gasteiger partial charge in [0.25, 0.3) is 0 Å². The second kappa shape index (κ2) is 5.81. The maximum absolute atomic E-state index is 11.6. The zero-order chi connectivity index (χ0) is 12.1. The van der Waals surface area contributed by atoms with Gasteiger partial charge in [0.1, 0.15) is 0 Å².